The van der Waals surface area contributed by atoms with Crippen LogP contribution in [0.5, 0.6) is 5.75 Å². The predicted molar refractivity (Wildman–Crippen MR) is 73.1 cm³/mol. The van der Waals surface area contributed by atoms with E-state index in [0.717, 1.165) is 5.56 Å². The first-order valence-electron chi connectivity index (χ1n) is 5.79. The number of carbonyl (C=O) groups excluding carboxylic acids is 2. The van der Waals surface area contributed by atoms with Crippen molar-refractivity contribution in [2.45, 2.75) is 6.92 Å². The number of ether oxygens (including phenoxy) is 1. The molecule has 1 aliphatic rings. The number of aryl methyl sites for hydroxylation is 1. The number of rotatable bonds is 2. The van der Waals surface area contributed by atoms with E-state index in [1.54, 1.807) is 18.2 Å². The maximum Gasteiger partial charge on any atom is 0.262 e. The molecule has 0 saturated heterocycles. The second kappa shape index (κ2) is 4.51. The molecule has 0 saturated carbocycles. The van der Waals surface area contributed by atoms with Crippen molar-refractivity contribution < 1.29 is 14.3 Å². The second-order valence-electron chi connectivity index (χ2n) is 4.35. The van der Waals surface area contributed by atoms with Crippen LogP contribution < -0.4 is 10.1 Å². The molecule has 0 bridgehead atoms. The Morgan fingerprint density at radius 2 is 2.21 bits per heavy atom. The van der Waals surface area contributed by atoms with Gasteiger partial charge in [-0.05, 0) is 36.1 Å². The molecule has 96 valence electrons. The number of amides is 1. The van der Waals surface area contributed by atoms with E-state index in [4.69, 9.17) is 4.74 Å². The van der Waals surface area contributed by atoms with E-state index in [9.17, 15) is 9.59 Å². The number of thiophene rings is 1. The van der Waals surface area contributed by atoms with Crippen LogP contribution in [0.3, 0.4) is 0 Å². The van der Waals surface area contributed by atoms with Gasteiger partial charge in [-0.2, -0.15) is 11.3 Å². The monoisotopic (exact) mass is 273 g/mol. The number of fused-ring (bicyclic) bond motifs is 1. The summed E-state index contributed by atoms with van der Waals surface area (Å²) < 4.78 is 5.26. The Morgan fingerprint density at radius 3 is 2.95 bits per heavy atom. The van der Waals surface area contributed by atoms with Crippen molar-refractivity contribution in [3.05, 3.63) is 45.6 Å². The fourth-order valence-electron chi connectivity index (χ4n) is 1.97. The predicted octanol–water partition coefficient (Wildman–Crippen LogP) is 2.62. The summed E-state index contributed by atoms with van der Waals surface area (Å²) in [6.07, 6.45) is 0. The molecule has 0 radical (unpaired) electrons. The highest BCUT2D eigenvalue weighted by Crippen LogP contribution is 2.29. The highest BCUT2D eigenvalue weighted by atomic mass is 32.1. The summed E-state index contributed by atoms with van der Waals surface area (Å²) in [7, 11) is 0. The van der Waals surface area contributed by atoms with Gasteiger partial charge in [-0.15, -0.1) is 0 Å². The molecule has 0 unspecified atom stereocenters. The minimum Gasteiger partial charge on any atom is -0.482 e. The molecule has 19 heavy (non-hydrogen) atoms. The first kappa shape index (κ1) is 11.9. The van der Waals surface area contributed by atoms with Crippen molar-refractivity contribution >= 4 is 28.7 Å². The van der Waals surface area contributed by atoms with Crippen molar-refractivity contribution in [3.8, 4) is 5.75 Å². The van der Waals surface area contributed by atoms with Crippen LogP contribution in [0, 0.1) is 6.92 Å². The van der Waals surface area contributed by atoms with Gasteiger partial charge in [0.25, 0.3) is 5.91 Å². The first-order valence-corrected chi connectivity index (χ1v) is 6.73. The van der Waals surface area contributed by atoms with E-state index in [1.165, 1.54) is 11.3 Å². The van der Waals surface area contributed by atoms with Gasteiger partial charge in [0, 0.05) is 16.5 Å². The van der Waals surface area contributed by atoms with E-state index in [2.05, 4.69) is 5.32 Å². The van der Waals surface area contributed by atoms with Crippen molar-refractivity contribution in [1.82, 2.24) is 0 Å². The van der Waals surface area contributed by atoms with Gasteiger partial charge in [0.05, 0.1) is 5.69 Å². The van der Waals surface area contributed by atoms with E-state index >= 15 is 0 Å². The van der Waals surface area contributed by atoms with E-state index in [-0.39, 0.29) is 18.3 Å². The number of hydrogen-bond acceptors (Lipinski definition) is 4. The van der Waals surface area contributed by atoms with Gasteiger partial charge >= 0.3 is 0 Å². The van der Waals surface area contributed by atoms with E-state index in [0.29, 0.717) is 22.6 Å². The van der Waals surface area contributed by atoms with Gasteiger partial charge in [0.15, 0.2) is 12.4 Å². The number of carbonyl (C=O) groups is 2. The molecule has 2 heterocycles. The zero-order valence-corrected chi connectivity index (χ0v) is 11.0. The third kappa shape index (κ3) is 2.13. The standard InChI is InChI=1S/C14H11NO3S/c1-8-6-19-7-10(8)14(17)9-2-3-12-11(4-9)15-13(16)5-18-12/h2-4,6-7H,5H2,1H3,(H,15,16). The molecule has 1 N–H and O–H groups in total. The fraction of sp³-hybridized carbons (Fsp3) is 0.143. The largest absolute Gasteiger partial charge is 0.482 e. The van der Waals surface area contributed by atoms with Gasteiger partial charge in [0.1, 0.15) is 5.75 Å². The fourth-order valence-corrected chi connectivity index (χ4v) is 2.80. The molecule has 0 atom stereocenters. The molecule has 3 rings (SSSR count). The highest BCUT2D eigenvalue weighted by molar-refractivity contribution is 7.08. The lowest BCUT2D eigenvalue weighted by Crippen LogP contribution is -2.25. The van der Waals surface area contributed by atoms with Gasteiger partial charge < -0.3 is 10.1 Å². The van der Waals surface area contributed by atoms with E-state index < -0.39 is 0 Å². The molecular weight excluding hydrogens is 262 g/mol. The second-order valence-corrected chi connectivity index (χ2v) is 5.09. The quantitative estimate of drug-likeness (QED) is 0.856. The number of ketones is 1. The lowest BCUT2D eigenvalue weighted by Gasteiger charge is -2.18. The minimum absolute atomic E-state index is 0.0178. The molecule has 5 heteroatoms. The summed E-state index contributed by atoms with van der Waals surface area (Å²) in [5.41, 5.74) is 2.77. The van der Waals surface area contributed by atoms with Gasteiger partial charge in [-0.1, -0.05) is 0 Å². The molecule has 0 fully saturated rings. The Kier molecular flexibility index (Phi) is 2.83. The normalized spacial score (nSPS) is 13.4. The molecule has 0 aliphatic carbocycles. The Morgan fingerprint density at radius 1 is 1.37 bits per heavy atom. The van der Waals surface area contributed by atoms with Crippen LogP contribution in [0.25, 0.3) is 0 Å². The van der Waals surface area contributed by atoms with Crippen LogP contribution in [0.1, 0.15) is 21.5 Å². The van der Waals surface area contributed by atoms with Crippen LogP contribution in [0.15, 0.2) is 29.0 Å². The maximum atomic E-state index is 12.3. The molecule has 1 amide bonds. The molecule has 4 nitrogen and oxygen atoms in total. The van der Waals surface area contributed by atoms with Crippen molar-refractivity contribution in [2.24, 2.45) is 0 Å². The molecule has 1 aromatic heterocycles. The molecular formula is C14H11NO3S. The van der Waals surface area contributed by atoms with Crippen LogP contribution in [-0.4, -0.2) is 18.3 Å². The highest BCUT2D eigenvalue weighted by Gasteiger charge is 2.19. The van der Waals surface area contributed by atoms with E-state index in [1.807, 2.05) is 17.7 Å². The Labute approximate surface area is 114 Å². The van der Waals surface area contributed by atoms with Gasteiger partial charge in [0.2, 0.25) is 0 Å². The molecule has 0 spiro atoms. The maximum absolute atomic E-state index is 12.3. The summed E-state index contributed by atoms with van der Waals surface area (Å²) in [5, 5.41) is 6.48. The average molecular weight is 273 g/mol. The summed E-state index contributed by atoms with van der Waals surface area (Å²) in [6.45, 7) is 1.93. The smallest absolute Gasteiger partial charge is 0.262 e. The number of benzene rings is 1. The lowest BCUT2D eigenvalue weighted by molar-refractivity contribution is -0.118. The Balaban J connectivity index is 1.98. The van der Waals surface area contributed by atoms with Crippen LogP contribution in [0.4, 0.5) is 5.69 Å². The van der Waals surface area contributed by atoms with Crippen molar-refractivity contribution in [1.29, 1.82) is 0 Å². The molecule has 2 aromatic rings. The third-order valence-corrected chi connectivity index (χ3v) is 3.84. The first-order chi connectivity index (χ1) is 9.15. The summed E-state index contributed by atoms with van der Waals surface area (Å²) in [5.74, 6) is 0.350. The van der Waals surface area contributed by atoms with Crippen molar-refractivity contribution in [3.63, 3.8) is 0 Å². The lowest BCUT2D eigenvalue weighted by atomic mass is 10.0. The van der Waals surface area contributed by atoms with Gasteiger partial charge in [-0.25, -0.2) is 0 Å². The molecule has 1 aromatic carbocycles. The number of nitrogens with one attached hydrogen (secondary N) is 1. The summed E-state index contributed by atoms with van der Waals surface area (Å²) in [4.78, 5) is 23.6. The zero-order chi connectivity index (χ0) is 13.4. The Hall–Kier alpha value is -2.14. The average Bonchev–Trinajstić information content (AvgIpc) is 2.83. The topological polar surface area (TPSA) is 55.4 Å². The minimum atomic E-state index is -0.205. The Bertz CT molecular complexity index is 675. The van der Waals surface area contributed by atoms with Crippen LogP contribution in [-0.2, 0) is 4.79 Å². The molecule has 1 aliphatic heterocycles. The number of hydrogen-bond donors (Lipinski definition) is 1. The third-order valence-electron chi connectivity index (χ3n) is 2.97. The zero-order valence-electron chi connectivity index (χ0n) is 10.2. The summed E-state index contributed by atoms with van der Waals surface area (Å²) >= 11 is 1.50. The SMILES string of the molecule is Cc1cscc1C(=O)c1ccc2c(c1)NC(=O)CO2. The summed E-state index contributed by atoms with van der Waals surface area (Å²) in [6, 6.07) is 5.09. The van der Waals surface area contributed by atoms with Crippen LogP contribution in [0.2, 0.25) is 0 Å². The van der Waals surface area contributed by atoms with Crippen molar-refractivity contribution in [2.75, 3.05) is 11.9 Å². The van der Waals surface area contributed by atoms with Gasteiger partial charge in [-0.3, -0.25) is 9.59 Å². The number of anilines is 1. The van der Waals surface area contributed by atoms with Crippen LogP contribution >= 0.6 is 11.3 Å².